The average molecular weight is 379 g/mol. The van der Waals surface area contributed by atoms with E-state index in [0.29, 0.717) is 6.07 Å². The fourth-order valence-electron chi connectivity index (χ4n) is 1.75. The van der Waals surface area contributed by atoms with E-state index in [1.165, 1.54) is 0 Å². The molecule has 0 amide bonds. The zero-order valence-electron chi connectivity index (χ0n) is 12.9. The Morgan fingerprint density at radius 3 is 1.75 bits per heavy atom. The van der Waals surface area contributed by atoms with E-state index in [1.807, 2.05) is 19.3 Å². The summed E-state index contributed by atoms with van der Waals surface area (Å²) in [4.78, 5) is -0.422. The number of hydrogen-bond acceptors (Lipinski definition) is 3. The van der Waals surface area contributed by atoms with E-state index >= 15 is 0 Å². The van der Waals surface area contributed by atoms with Gasteiger partial charge in [-0.3, -0.25) is 0 Å². The lowest BCUT2D eigenvalue weighted by atomic mass is 9.90. The third kappa shape index (κ3) is 3.89. The van der Waals surface area contributed by atoms with Crippen molar-refractivity contribution in [2.75, 3.05) is 5.73 Å². The van der Waals surface area contributed by atoms with E-state index in [0.717, 1.165) is 6.92 Å². The van der Waals surface area contributed by atoms with Gasteiger partial charge < -0.3 is 11.2 Å². The minimum Gasteiger partial charge on any atom is -0.398 e. The van der Waals surface area contributed by atoms with Crippen LogP contribution < -0.4 is 17.0 Å². The Kier molecular flexibility index (Phi) is 7.01. The van der Waals surface area contributed by atoms with Crippen molar-refractivity contribution in [2.24, 2.45) is 5.84 Å². The van der Waals surface area contributed by atoms with Gasteiger partial charge in [0.15, 0.2) is 0 Å². The number of rotatable bonds is 2. The molecule has 0 aliphatic rings. The third-order valence-corrected chi connectivity index (χ3v) is 3.28. The van der Waals surface area contributed by atoms with Crippen LogP contribution in [-0.2, 0) is 5.67 Å². The van der Waals surface area contributed by atoms with Crippen LogP contribution in [0.4, 0.5) is 36.4 Å². The quantitative estimate of drug-likeness (QED) is 0.239. The first-order valence-corrected chi connectivity index (χ1v) is 6.92. The normalized spacial score (nSPS) is 12.3. The van der Waals surface area contributed by atoms with Gasteiger partial charge >= 0.3 is 18.0 Å². The first kappa shape index (κ1) is 22.4. The molecule has 0 aliphatic heterocycles. The number of thiocarbonyl (C=S) groups is 1. The third-order valence-electron chi connectivity index (χ3n) is 2.94. The molecule has 1 aromatic carbocycles. The van der Waals surface area contributed by atoms with Crippen LogP contribution in [0.2, 0.25) is 0 Å². The molecule has 0 aromatic heterocycles. The van der Waals surface area contributed by atoms with Crippen LogP contribution in [0.5, 0.6) is 0 Å². The SMILES string of the molecule is CC.Cc1cc(C(F)(C(F)(F)F)C(F)(F)F)cc(C(=S)NN)c1N. The van der Waals surface area contributed by atoms with E-state index < -0.39 is 34.1 Å². The number of halogens is 7. The molecule has 0 saturated carbocycles. The van der Waals surface area contributed by atoms with Crippen LogP contribution in [0.3, 0.4) is 0 Å². The first-order chi connectivity index (χ1) is 10.8. The molecule has 0 atom stereocenters. The van der Waals surface area contributed by atoms with Gasteiger partial charge in [-0.1, -0.05) is 32.1 Å². The van der Waals surface area contributed by atoms with Gasteiger partial charge in [0.25, 0.3) is 0 Å². The summed E-state index contributed by atoms with van der Waals surface area (Å²) >= 11 is 4.64. The van der Waals surface area contributed by atoms with Crippen molar-refractivity contribution in [3.8, 4) is 0 Å². The molecule has 1 rings (SSSR count). The van der Waals surface area contributed by atoms with Crippen molar-refractivity contribution < 1.29 is 30.7 Å². The van der Waals surface area contributed by atoms with Gasteiger partial charge in [-0.15, -0.1) is 0 Å². The van der Waals surface area contributed by atoms with Crippen LogP contribution in [0.25, 0.3) is 0 Å². The molecule has 0 spiro atoms. The maximum Gasteiger partial charge on any atom is 0.435 e. The molecule has 0 unspecified atom stereocenters. The second-order valence-electron chi connectivity index (χ2n) is 4.38. The van der Waals surface area contributed by atoms with Crippen molar-refractivity contribution in [1.82, 2.24) is 5.43 Å². The van der Waals surface area contributed by atoms with Gasteiger partial charge in [0.1, 0.15) is 4.99 Å². The summed E-state index contributed by atoms with van der Waals surface area (Å²) < 4.78 is 90.4. The Hall–Kier alpha value is -1.62. The molecular formula is C13H16F7N3S. The highest BCUT2D eigenvalue weighted by Crippen LogP contribution is 2.53. The van der Waals surface area contributed by atoms with Crippen molar-refractivity contribution in [3.05, 3.63) is 28.8 Å². The summed E-state index contributed by atoms with van der Waals surface area (Å²) in [5.41, 5.74) is -0.684. The molecule has 0 fully saturated rings. The second-order valence-corrected chi connectivity index (χ2v) is 4.79. The van der Waals surface area contributed by atoms with Crippen molar-refractivity contribution in [2.45, 2.75) is 38.8 Å². The summed E-state index contributed by atoms with van der Waals surface area (Å²) in [6, 6.07) is 0.657. The van der Waals surface area contributed by atoms with E-state index in [1.54, 1.807) is 0 Å². The standard InChI is InChI=1S/C11H10F7N3S.C2H6/c1-4-2-5(3-6(7(4)19)8(22)21-20)9(12,10(13,14)15)11(16,17)18;1-2/h2-3H,19-20H2,1H3,(H,21,22);1-2H3. The zero-order chi connectivity index (χ0) is 19.5. The molecule has 5 N–H and O–H groups in total. The smallest absolute Gasteiger partial charge is 0.398 e. The number of aryl methyl sites for hydroxylation is 1. The van der Waals surface area contributed by atoms with Crippen molar-refractivity contribution in [1.29, 1.82) is 0 Å². The summed E-state index contributed by atoms with van der Waals surface area (Å²) in [7, 11) is 0. The molecule has 138 valence electrons. The summed E-state index contributed by atoms with van der Waals surface area (Å²) in [6.07, 6.45) is -12.4. The predicted octanol–water partition coefficient (Wildman–Crippen LogP) is 4.03. The van der Waals surface area contributed by atoms with Crippen molar-refractivity contribution >= 4 is 22.9 Å². The molecule has 0 bridgehead atoms. The fourth-order valence-corrected chi connectivity index (χ4v) is 1.92. The number of alkyl halides is 7. The molecule has 3 nitrogen and oxygen atoms in total. The van der Waals surface area contributed by atoms with Crippen LogP contribution in [0.15, 0.2) is 12.1 Å². The largest absolute Gasteiger partial charge is 0.435 e. The maximum absolute atomic E-state index is 14.0. The van der Waals surface area contributed by atoms with Gasteiger partial charge in [-0.25, -0.2) is 10.2 Å². The number of hydrogen-bond donors (Lipinski definition) is 3. The van der Waals surface area contributed by atoms with Gasteiger partial charge in [0.05, 0.1) is 0 Å². The number of nitrogens with two attached hydrogens (primary N) is 2. The lowest BCUT2D eigenvalue weighted by Gasteiger charge is -2.31. The molecule has 24 heavy (non-hydrogen) atoms. The predicted molar refractivity (Wildman–Crippen MR) is 80.9 cm³/mol. The lowest BCUT2D eigenvalue weighted by Crippen LogP contribution is -2.50. The number of benzene rings is 1. The van der Waals surface area contributed by atoms with Crippen LogP contribution in [-0.4, -0.2) is 17.3 Å². The highest BCUT2D eigenvalue weighted by atomic mass is 32.1. The van der Waals surface area contributed by atoms with Crippen LogP contribution in [0.1, 0.15) is 30.5 Å². The Morgan fingerprint density at radius 2 is 1.42 bits per heavy atom. The first-order valence-electron chi connectivity index (χ1n) is 6.51. The molecule has 0 radical (unpaired) electrons. The number of nitrogens with one attached hydrogen (secondary N) is 1. The Bertz CT molecular complexity index is 582. The van der Waals surface area contributed by atoms with Crippen molar-refractivity contribution in [3.63, 3.8) is 0 Å². The Labute approximate surface area is 139 Å². The molecule has 11 heteroatoms. The minimum atomic E-state index is -6.22. The number of anilines is 1. The molecule has 1 aromatic rings. The zero-order valence-corrected chi connectivity index (χ0v) is 13.7. The minimum absolute atomic E-state index is 0.208. The monoisotopic (exact) mass is 379 g/mol. The summed E-state index contributed by atoms with van der Waals surface area (Å²) in [5, 5.41) is 0. The Morgan fingerprint density at radius 1 is 1.00 bits per heavy atom. The van der Waals surface area contributed by atoms with Gasteiger partial charge in [0.2, 0.25) is 0 Å². The maximum atomic E-state index is 14.0. The van der Waals surface area contributed by atoms with E-state index in [4.69, 9.17) is 11.6 Å². The molecule has 0 heterocycles. The van der Waals surface area contributed by atoms with E-state index in [2.05, 4.69) is 12.2 Å². The number of hydrazine groups is 1. The fraction of sp³-hybridized carbons (Fsp3) is 0.462. The average Bonchev–Trinajstić information content (AvgIpc) is 2.48. The molecule has 0 saturated heterocycles. The Balaban J connectivity index is 0.00000254. The van der Waals surface area contributed by atoms with Crippen LogP contribution >= 0.6 is 12.2 Å². The van der Waals surface area contributed by atoms with Gasteiger partial charge in [-0.2, -0.15) is 26.3 Å². The second kappa shape index (κ2) is 7.51. The summed E-state index contributed by atoms with van der Waals surface area (Å²) in [6.45, 7) is 5.12. The summed E-state index contributed by atoms with van der Waals surface area (Å²) in [5.74, 6) is 4.97. The van der Waals surface area contributed by atoms with Gasteiger partial charge in [-0.05, 0) is 18.6 Å². The van der Waals surface area contributed by atoms with E-state index in [9.17, 15) is 30.7 Å². The lowest BCUT2D eigenvalue weighted by molar-refractivity contribution is -0.348. The van der Waals surface area contributed by atoms with E-state index in [-0.39, 0.29) is 17.3 Å². The number of nitrogen functional groups attached to an aromatic ring is 1. The van der Waals surface area contributed by atoms with Gasteiger partial charge in [0, 0.05) is 16.8 Å². The molecular weight excluding hydrogens is 363 g/mol. The topological polar surface area (TPSA) is 64.1 Å². The highest BCUT2D eigenvalue weighted by Gasteiger charge is 2.73. The highest BCUT2D eigenvalue weighted by molar-refractivity contribution is 7.80. The van der Waals surface area contributed by atoms with Crippen LogP contribution in [0, 0.1) is 6.92 Å². The molecule has 0 aliphatic carbocycles.